The van der Waals surface area contributed by atoms with Crippen molar-refractivity contribution >= 4 is 11.8 Å². The van der Waals surface area contributed by atoms with Crippen molar-refractivity contribution in [1.82, 2.24) is 15.8 Å². The fourth-order valence-electron chi connectivity index (χ4n) is 0.820. The quantitative estimate of drug-likeness (QED) is 0.174. The van der Waals surface area contributed by atoms with E-state index in [-0.39, 0.29) is 16.7 Å². The van der Waals surface area contributed by atoms with Crippen LogP contribution in [0.1, 0.15) is 20.8 Å². The smallest absolute Gasteiger partial charge is 0.283 e. The molecule has 0 aliphatic heterocycles. The van der Waals surface area contributed by atoms with Gasteiger partial charge in [-0.3, -0.25) is 37.1 Å². The van der Waals surface area contributed by atoms with Gasteiger partial charge in [-0.15, -0.1) is 0 Å². The predicted octanol–water partition coefficient (Wildman–Crippen LogP) is -3.72. The van der Waals surface area contributed by atoms with Crippen molar-refractivity contribution in [3.63, 3.8) is 0 Å². The van der Waals surface area contributed by atoms with Gasteiger partial charge in [0.15, 0.2) is 0 Å². The van der Waals surface area contributed by atoms with Crippen LogP contribution < -0.4 is 34.2 Å². The highest BCUT2D eigenvalue weighted by molar-refractivity contribution is 5.95. The fraction of sp³-hybridized carbons (Fsp3) is 0. The summed E-state index contributed by atoms with van der Waals surface area (Å²) in [5, 5.41) is 0. The molecule has 2 amide bonds. The first-order valence-electron chi connectivity index (χ1n) is 4.00. The highest BCUT2D eigenvalue weighted by Crippen LogP contribution is 1.99. The molecular weight excluding hydrogens is 230 g/mol. The van der Waals surface area contributed by atoms with Gasteiger partial charge in [0.25, 0.3) is 11.8 Å². The zero-order chi connectivity index (χ0) is 12.6. The summed E-state index contributed by atoms with van der Waals surface area (Å²) in [7, 11) is 0. The van der Waals surface area contributed by atoms with E-state index in [0.29, 0.717) is 0 Å². The summed E-state index contributed by atoms with van der Waals surface area (Å²) in [4.78, 5) is 25.6. The third kappa shape index (κ3) is 4.96. The number of hydrazine groups is 3. The molecule has 12 N–H and O–H groups in total. The minimum absolute atomic E-state index is 0. The van der Waals surface area contributed by atoms with Gasteiger partial charge in [0, 0.05) is 6.20 Å². The molecule has 1 heterocycles. The number of rotatable bonds is 2. The van der Waals surface area contributed by atoms with Crippen LogP contribution in [0, 0.1) is 0 Å². The average molecular weight is 245 g/mol. The Morgan fingerprint density at radius 1 is 1.06 bits per heavy atom. The molecule has 0 aliphatic carbocycles. The molecule has 0 atom stereocenters. The Labute approximate surface area is 96.6 Å². The second kappa shape index (κ2) is 9.14. The average Bonchev–Trinajstić information content (AvgIpc) is 2.39. The molecule has 0 saturated heterocycles. The molecule has 10 nitrogen and oxygen atoms in total. The van der Waals surface area contributed by atoms with Gasteiger partial charge in [-0.1, -0.05) is 0 Å². The van der Waals surface area contributed by atoms with Crippen LogP contribution in [0.3, 0.4) is 0 Å². The van der Waals surface area contributed by atoms with E-state index in [4.69, 9.17) is 11.7 Å². The van der Waals surface area contributed by atoms with Crippen molar-refractivity contribution in [2.75, 3.05) is 0 Å². The maximum absolute atomic E-state index is 11.0. The Balaban J connectivity index is 0. The fourth-order valence-corrected chi connectivity index (χ4v) is 0.820. The zero-order valence-corrected chi connectivity index (χ0v) is 8.81. The van der Waals surface area contributed by atoms with E-state index in [0.717, 1.165) is 0 Å². The van der Waals surface area contributed by atoms with Crippen LogP contribution in [-0.4, -0.2) is 22.3 Å². The molecule has 0 unspecified atom stereocenters. The first-order valence-corrected chi connectivity index (χ1v) is 4.00. The minimum atomic E-state index is -0.523. The van der Waals surface area contributed by atoms with Crippen LogP contribution in [0.4, 0.5) is 0 Å². The van der Waals surface area contributed by atoms with E-state index in [2.05, 4.69) is 16.7 Å². The monoisotopic (exact) mass is 245 g/mol. The highest BCUT2D eigenvalue weighted by Gasteiger charge is 2.07. The van der Waals surface area contributed by atoms with Crippen molar-refractivity contribution in [3.05, 3.63) is 29.6 Å². The number of nitrogens with one attached hydrogen (secondary N) is 2. The van der Waals surface area contributed by atoms with Gasteiger partial charge in [0.2, 0.25) is 0 Å². The molecule has 0 spiro atoms. The lowest BCUT2D eigenvalue weighted by Crippen LogP contribution is -2.32. The van der Waals surface area contributed by atoms with Crippen molar-refractivity contribution in [1.29, 1.82) is 0 Å². The van der Waals surface area contributed by atoms with Crippen molar-refractivity contribution in [3.8, 4) is 0 Å². The van der Waals surface area contributed by atoms with Gasteiger partial charge in [-0.2, -0.15) is 0 Å². The Hall–Kier alpha value is -2.11. The lowest BCUT2D eigenvalue weighted by molar-refractivity contribution is 0.0938. The molecule has 0 radical (unpaired) electrons. The number of nitrogen functional groups attached to an aromatic ring is 2. The number of hydrogen-bond donors (Lipinski definition) is 6. The molecule has 0 fully saturated rings. The number of hydrogen-bond acceptors (Lipinski definition) is 7. The number of carbonyl (C=O) groups is 2. The molecule has 1 aromatic rings. The van der Waals surface area contributed by atoms with Crippen LogP contribution in [0.15, 0.2) is 18.3 Å². The van der Waals surface area contributed by atoms with Crippen LogP contribution in [0.25, 0.3) is 0 Å². The standard InChI is InChI=1S/C7H9N5O2.H4N2.H2O/c8-11-6(13)4-1-2-5(10-3-4)7(14)12-9;1-2;/h1-3H,8-9H2,(H,11,13)(H,12,14);1-2H2;1H2. The van der Waals surface area contributed by atoms with Gasteiger partial charge >= 0.3 is 0 Å². The molecular formula is C7H15N7O3. The van der Waals surface area contributed by atoms with Gasteiger partial charge in [0.05, 0.1) is 5.56 Å². The SMILES string of the molecule is NN.NNC(=O)c1ccc(C(=O)NN)nc1.O. The number of aromatic nitrogens is 1. The maximum Gasteiger partial charge on any atom is 0.283 e. The van der Waals surface area contributed by atoms with E-state index in [1.54, 1.807) is 0 Å². The first-order chi connectivity index (χ1) is 7.69. The molecule has 0 saturated carbocycles. The van der Waals surface area contributed by atoms with E-state index in [1.807, 2.05) is 10.9 Å². The molecule has 1 aromatic heterocycles. The van der Waals surface area contributed by atoms with Crippen LogP contribution in [0.2, 0.25) is 0 Å². The zero-order valence-electron chi connectivity index (χ0n) is 8.81. The summed E-state index contributed by atoms with van der Waals surface area (Å²) >= 11 is 0. The van der Waals surface area contributed by atoms with E-state index in [9.17, 15) is 9.59 Å². The number of nitrogens with zero attached hydrogens (tertiary/aromatic N) is 1. The van der Waals surface area contributed by atoms with Gasteiger partial charge in [-0.05, 0) is 12.1 Å². The van der Waals surface area contributed by atoms with Gasteiger partial charge in [-0.25, -0.2) is 11.7 Å². The van der Waals surface area contributed by atoms with E-state index >= 15 is 0 Å². The predicted molar refractivity (Wildman–Crippen MR) is 59.5 cm³/mol. The summed E-state index contributed by atoms with van der Waals surface area (Å²) < 4.78 is 0. The Morgan fingerprint density at radius 3 is 1.94 bits per heavy atom. The number of nitrogens with two attached hydrogens (primary N) is 4. The Bertz CT molecular complexity index is 318. The molecule has 0 aliphatic rings. The number of amides is 2. The minimum Gasteiger partial charge on any atom is -0.412 e. The Morgan fingerprint density at radius 2 is 1.59 bits per heavy atom. The summed E-state index contributed by atoms with van der Waals surface area (Å²) in [5.41, 5.74) is 4.25. The normalized spacial score (nSPS) is 8.00. The molecule has 10 heteroatoms. The van der Waals surface area contributed by atoms with Crippen molar-refractivity contribution in [2.24, 2.45) is 23.4 Å². The second-order valence-electron chi connectivity index (χ2n) is 2.38. The lowest BCUT2D eigenvalue weighted by atomic mass is 10.2. The van der Waals surface area contributed by atoms with Gasteiger partial charge in [0.1, 0.15) is 5.69 Å². The molecule has 96 valence electrons. The molecule has 0 aromatic carbocycles. The summed E-state index contributed by atoms with van der Waals surface area (Å²) in [6.07, 6.45) is 1.23. The maximum atomic E-state index is 11.0. The Kier molecular flexibility index (Phi) is 9.30. The third-order valence-corrected chi connectivity index (χ3v) is 1.52. The molecule has 1 rings (SSSR count). The third-order valence-electron chi connectivity index (χ3n) is 1.52. The van der Waals surface area contributed by atoms with E-state index in [1.165, 1.54) is 18.3 Å². The van der Waals surface area contributed by atoms with Crippen LogP contribution in [-0.2, 0) is 0 Å². The second-order valence-corrected chi connectivity index (χ2v) is 2.38. The van der Waals surface area contributed by atoms with Crippen LogP contribution >= 0.6 is 0 Å². The van der Waals surface area contributed by atoms with Crippen molar-refractivity contribution in [2.45, 2.75) is 0 Å². The van der Waals surface area contributed by atoms with Gasteiger partial charge < -0.3 is 5.48 Å². The number of carbonyl (C=O) groups excluding carboxylic acids is 2. The van der Waals surface area contributed by atoms with Crippen LogP contribution in [0.5, 0.6) is 0 Å². The molecule has 0 bridgehead atoms. The molecule has 17 heavy (non-hydrogen) atoms. The van der Waals surface area contributed by atoms with Crippen molar-refractivity contribution < 1.29 is 15.1 Å². The topological polar surface area (TPSA) is 207 Å². The first kappa shape index (κ1) is 17.3. The van der Waals surface area contributed by atoms with E-state index < -0.39 is 11.8 Å². The number of pyridine rings is 1. The largest absolute Gasteiger partial charge is 0.412 e. The highest BCUT2D eigenvalue weighted by atomic mass is 16.2. The summed E-state index contributed by atoms with van der Waals surface area (Å²) in [6, 6.07) is 2.78. The lowest BCUT2D eigenvalue weighted by Gasteiger charge is -2.00. The summed E-state index contributed by atoms with van der Waals surface area (Å²) in [5.74, 6) is 16.8. The summed E-state index contributed by atoms with van der Waals surface area (Å²) in [6.45, 7) is 0.